The molecule has 3 aromatic rings. The molecule has 0 spiro atoms. The average molecular weight is 419 g/mol. The van der Waals surface area contributed by atoms with Crippen LogP contribution in [0.1, 0.15) is 34.7 Å². The summed E-state index contributed by atoms with van der Waals surface area (Å²) in [7, 11) is 0. The summed E-state index contributed by atoms with van der Waals surface area (Å²) in [5.74, 6) is -1.03. The second-order valence-corrected chi connectivity index (χ2v) is 7.47. The highest BCUT2D eigenvalue weighted by Gasteiger charge is 2.22. The lowest BCUT2D eigenvalue weighted by Gasteiger charge is -2.18. The van der Waals surface area contributed by atoms with Gasteiger partial charge in [-0.2, -0.15) is 5.10 Å². The Morgan fingerprint density at radius 3 is 2.64 bits per heavy atom. The van der Waals surface area contributed by atoms with Gasteiger partial charge in [-0.15, -0.1) is 0 Å². The van der Waals surface area contributed by atoms with Crippen molar-refractivity contribution >= 4 is 34.9 Å². The van der Waals surface area contributed by atoms with Crippen molar-refractivity contribution < 1.29 is 9.90 Å². The highest BCUT2D eigenvalue weighted by Crippen LogP contribution is 2.30. The molecule has 28 heavy (non-hydrogen) atoms. The van der Waals surface area contributed by atoms with Gasteiger partial charge in [-0.1, -0.05) is 23.2 Å². The van der Waals surface area contributed by atoms with E-state index in [1.54, 1.807) is 30.6 Å². The van der Waals surface area contributed by atoms with Crippen LogP contribution in [0, 0.1) is 13.8 Å². The molecule has 8 heteroatoms. The van der Waals surface area contributed by atoms with Crippen LogP contribution in [0.4, 0.5) is 5.69 Å². The molecule has 6 nitrogen and oxygen atoms in total. The van der Waals surface area contributed by atoms with Crippen molar-refractivity contribution in [2.75, 3.05) is 11.9 Å². The van der Waals surface area contributed by atoms with Crippen LogP contribution in [0.2, 0.25) is 10.0 Å². The van der Waals surface area contributed by atoms with Gasteiger partial charge in [0.05, 0.1) is 22.3 Å². The zero-order chi connectivity index (χ0) is 20.4. The predicted molar refractivity (Wildman–Crippen MR) is 112 cm³/mol. The minimum absolute atomic E-state index is 0.144. The number of hydrogen-bond acceptors (Lipinski definition) is 4. The molecule has 2 heterocycles. The largest absolute Gasteiger partial charge is 0.477 e. The minimum atomic E-state index is -1.03. The molecule has 0 saturated carbocycles. The molecule has 3 rings (SSSR count). The monoisotopic (exact) mass is 418 g/mol. The molecule has 0 saturated heterocycles. The molecule has 0 amide bonds. The van der Waals surface area contributed by atoms with E-state index in [0.29, 0.717) is 22.2 Å². The van der Waals surface area contributed by atoms with E-state index in [9.17, 15) is 9.90 Å². The molecule has 2 N–H and O–H groups in total. The summed E-state index contributed by atoms with van der Waals surface area (Å²) in [5, 5.41) is 18.4. The molecule has 0 radical (unpaired) electrons. The number of aryl methyl sites for hydroxylation is 2. The van der Waals surface area contributed by atoms with E-state index in [2.05, 4.69) is 15.4 Å². The number of nitrogens with zero attached hydrogens (tertiary/aromatic N) is 3. The van der Waals surface area contributed by atoms with E-state index in [4.69, 9.17) is 23.2 Å². The number of halogens is 2. The van der Waals surface area contributed by atoms with Gasteiger partial charge in [0.1, 0.15) is 0 Å². The number of aromatic nitrogens is 3. The molecule has 1 unspecified atom stereocenters. The molecule has 1 atom stereocenters. The Bertz CT molecular complexity index is 1030. The number of carboxylic acids is 1. The Balaban J connectivity index is 1.87. The highest BCUT2D eigenvalue weighted by molar-refractivity contribution is 6.42. The third-order valence-corrected chi connectivity index (χ3v) is 5.20. The van der Waals surface area contributed by atoms with E-state index >= 15 is 0 Å². The maximum Gasteiger partial charge on any atom is 0.354 e. The second kappa shape index (κ2) is 8.20. The van der Waals surface area contributed by atoms with E-state index in [-0.39, 0.29) is 11.7 Å². The summed E-state index contributed by atoms with van der Waals surface area (Å²) in [6.45, 7) is 6.16. The molecule has 0 aliphatic rings. The van der Waals surface area contributed by atoms with Gasteiger partial charge >= 0.3 is 5.97 Å². The molecule has 0 fully saturated rings. The normalized spacial score (nSPS) is 12.0. The molecule has 0 aliphatic heterocycles. The number of carbonyl (C=O) groups is 1. The van der Waals surface area contributed by atoms with E-state index < -0.39 is 5.97 Å². The van der Waals surface area contributed by atoms with E-state index in [1.165, 1.54) is 4.68 Å². The lowest BCUT2D eigenvalue weighted by atomic mass is 10.1. The van der Waals surface area contributed by atoms with Crippen LogP contribution in [0.25, 0.3) is 11.1 Å². The van der Waals surface area contributed by atoms with Crippen molar-refractivity contribution in [3.8, 4) is 11.1 Å². The van der Waals surface area contributed by atoms with Crippen molar-refractivity contribution in [2.24, 2.45) is 0 Å². The number of hydrogen-bond donors (Lipinski definition) is 2. The fourth-order valence-electron chi connectivity index (χ4n) is 3.01. The minimum Gasteiger partial charge on any atom is -0.477 e. The van der Waals surface area contributed by atoms with Crippen molar-refractivity contribution in [1.82, 2.24) is 14.8 Å². The van der Waals surface area contributed by atoms with Crippen LogP contribution >= 0.6 is 23.2 Å². The van der Waals surface area contributed by atoms with Crippen LogP contribution in [-0.2, 0) is 0 Å². The van der Waals surface area contributed by atoms with Gasteiger partial charge in [-0.3, -0.25) is 9.67 Å². The maximum absolute atomic E-state index is 11.9. The zero-order valence-corrected chi connectivity index (χ0v) is 17.2. The fourth-order valence-corrected chi connectivity index (χ4v) is 3.40. The second-order valence-electron chi connectivity index (χ2n) is 6.65. The van der Waals surface area contributed by atoms with Gasteiger partial charge < -0.3 is 10.4 Å². The Kier molecular flexibility index (Phi) is 5.91. The summed E-state index contributed by atoms with van der Waals surface area (Å²) >= 11 is 12.1. The van der Waals surface area contributed by atoms with Crippen molar-refractivity contribution in [1.29, 1.82) is 0 Å². The first kappa shape index (κ1) is 20.2. The van der Waals surface area contributed by atoms with Gasteiger partial charge in [0.2, 0.25) is 0 Å². The predicted octanol–water partition coefficient (Wildman–Crippen LogP) is 5.24. The van der Waals surface area contributed by atoms with Crippen molar-refractivity contribution in [2.45, 2.75) is 26.8 Å². The molecule has 1 aromatic carbocycles. The average Bonchev–Trinajstić information content (AvgIpc) is 3.09. The number of anilines is 1. The first-order valence-corrected chi connectivity index (χ1v) is 9.47. The number of benzene rings is 1. The first-order valence-electron chi connectivity index (χ1n) is 8.71. The third kappa shape index (κ3) is 4.13. The third-order valence-electron chi connectivity index (χ3n) is 4.48. The first-order chi connectivity index (χ1) is 13.3. The molecule has 0 bridgehead atoms. The van der Waals surface area contributed by atoms with Crippen LogP contribution < -0.4 is 5.32 Å². The molecule has 146 valence electrons. The smallest absolute Gasteiger partial charge is 0.354 e. The van der Waals surface area contributed by atoms with Crippen LogP contribution in [0.15, 0.2) is 36.7 Å². The Morgan fingerprint density at radius 1 is 1.25 bits per heavy atom. The molecule has 2 aromatic heterocycles. The van der Waals surface area contributed by atoms with Crippen molar-refractivity contribution in [3.05, 3.63) is 63.7 Å². The van der Waals surface area contributed by atoms with E-state index in [1.807, 2.05) is 26.8 Å². The number of pyridine rings is 1. The summed E-state index contributed by atoms with van der Waals surface area (Å²) in [6.07, 6.45) is 3.24. The summed E-state index contributed by atoms with van der Waals surface area (Å²) in [6, 6.07) is 6.96. The van der Waals surface area contributed by atoms with Crippen LogP contribution in [0.5, 0.6) is 0 Å². The van der Waals surface area contributed by atoms with Gasteiger partial charge in [-0.25, -0.2) is 4.79 Å². The Hall–Kier alpha value is -2.57. The van der Waals surface area contributed by atoms with E-state index in [0.717, 1.165) is 22.5 Å². The summed E-state index contributed by atoms with van der Waals surface area (Å²) in [5.41, 5.74) is 4.09. The summed E-state index contributed by atoms with van der Waals surface area (Å²) < 4.78 is 1.52. The number of nitrogens with one attached hydrogen (secondary N) is 1. The summed E-state index contributed by atoms with van der Waals surface area (Å²) in [4.78, 5) is 16.1. The Morgan fingerprint density at radius 2 is 1.96 bits per heavy atom. The number of rotatable bonds is 6. The number of carboxylic acid groups (broad SMARTS) is 1. The zero-order valence-electron chi connectivity index (χ0n) is 15.7. The van der Waals surface area contributed by atoms with Gasteiger partial charge in [0, 0.05) is 29.7 Å². The topological polar surface area (TPSA) is 80.0 Å². The van der Waals surface area contributed by atoms with Gasteiger partial charge in [0.25, 0.3) is 0 Å². The number of aromatic carboxylic acids is 1. The van der Waals surface area contributed by atoms with Gasteiger partial charge in [0.15, 0.2) is 5.69 Å². The lowest BCUT2D eigenvalue weighted by molar-refractivity contribution is 0.0682. The molecular formula is C20H20Cl2N4O2. The maximum atomic E-state index is 11.9. The standard InChI is InChI=1S/C20H20Cl2N4O2/c1-11-6-16(21)17(22)8-18(11)24-9-13(3)26-19(20(27)28)15(10-25-26)14-4-5-23-12(2)7-14/h4-8,10,13,24H,9H2,1-3H3,(H,27,28). The fraction of sp³-hybridized carbons (Fsp3) is 0.250. The van der Waals surface area contributed by atoms with Crippen molar-refractivity contribution in [3.63, 3.8) is 0 Å². The van der Waals surface area contributed by atoms with Crippen LogP contribution in [0.3, 0.4) is 0 Å². The molecular weight excluding hydrogens is 399 g/mol. The lowest BCUT2D eigenvalue weighted by Crippen LogP contribution is -2.21. The molecule has 0 aliphatic carbocycles. The highest BCUT2D eigenvalue weighted by atomic mass is 35.5. The quantitative estimate of drug-likeness (QED) is 0.571. The Labute approximate surface area is 173 Å². The SMILES string of the molecule is Cc1cc(-c2cnn(C(C)CNc3cc(Cl)c(Cl)cc3C)c2C(=O)O)ccn1. The van der Waals surface area contributed by atoms with Crippen LogP contribution in [-0.4, -0.2) is 32.4 Å². The van der Waals surface area contributed by atoms with Gasteiger partial charge in [-0.05, 0) is 56.2 Å².